The van der Waals surface area contributed by atoms with Crippen molar-refractivity contribution in [3.05, 3.63) is 35.9 Å². The summed E-state index contributed by atoms with van der Waals surface area (Å²) in [5, 5.41) is 3.04. The lowest BCUT2D eigenvalue weighted by atomic mass is 9.98. The van der Waals surface area contributed by atoms with E-state index in [1.54, 1.807) is 0 Å². The molecule has 2 unspecified atom stereocenters. The zero-order chi connectivity index (χ0) is 16.7. The average molecular weight is 306 g/mol. The number of ketones is 1. The van der Waals surface area contributed by atoms with Gasteiger partial charge in [0.1, 0.15) is 0 Å². The Bertz CT molecular complexity index is 528. The molecule has 6 nitrogen and oxygen atoms in total. The molecular weight excluding hydrogens is 284 g/mol. The molecule has 1 aromatic rings. The number of amides is 1. The Balaban J connectivity index is 2.89. The van der Waals surface area contributed by atoms with Crippen molar-refractivity contribution in [3.63, 3.8) is 0 Å². The second-order valence-corrected chi connectivity index (χ2v) is 5.40. The van der Waals surface area contributed by atoms with Crippen LogP contribution in [0, 0.1) is 5.92 Å². The van der Waals surface area contributed by atoms with Crippen LogP contribution in [0.15, 0.2) is 30.3 Å². The third-order valence-corrected chi connectivity index (χ3v) is 3.13. The van der Waals surface area contributed by atoms with Crippen molar-refractivity contribution in [1.82, 2.24) is 10.8 Å². The van der Waals surface area contributed by atoms with Gasteiger partial charge in [-0.1, -0.05) is 44.2 Å². The Morgan fingerprint density at radius 2 is 1.64 bits per heavy atom. The summed E-state index contributed by atoms with van der Waals surface area (Å²) in [5.74, 6) is -1.30. The number of carbonyl (C=O) groups is 3. The molecule has 2 atom stereocenters. The highest BCUT2D eigenvalue weighted by Crippen LogP contribution is 2.16. The fraction of sp³-hybridized carbons (Fsp3) is 0.438. The molecule has 120 valence electrons. The first-order valence-corrected chi connectivity index (χ1v) is 7.11. The summed E-state index contributed by atoms with van der Waals surface area (Å²) < 4.78 is 0. The zero-order valence-electron chi connectivity index (χ0n) is 13.3. The summed E-state index contributed by atoms with van der Waals surface area (Å²) in [6, 6.07) is 7.88. The van der Waals surface area contributed by atoms with Crippen LogP contribution in [0.25, 0.3) is 0 Å². The van der Waals surface area contributed by atoms with E-state index < -0.39 is 24.0 Å². The van der Waals surface area contributed by atoms with E-state index in [1.165, 1.54) is 13.8 Å². The van der Waals surface area contributed by atoms with Crippen LogP contribution in [-0.4, -0.2) is 23.7 Å². The summed E-state index contributed by atoms with van der Waals surface area (Å²) in [6.07, 6.45) is 0. The number of rotatable bonds is 6. The Morgan fingerprint density at radius 3 is 2.09 bits per heavy atom. The van der Waals surface area contributed by atoms with Gasteiger partial charge >= 0.3 is 5.97 Å². The van der Waals surface area contributed by atoms with Gasteiger partial charge in [0.25, 0.3) is 5.91 Å². The predicted molar refractivity (Wildman–Crippen MR) is 81.5 cm³/mol. The van der Waals surface area contributed by atoms with Crippen molar-refractivity contribution < 1.29 is 19.2 Å². The Morgan fingerprint density at radius 1 is 1.05 bits per heavy atom. The second-order valence-electron chi connectivity index (χ2n) is 5.40. The van der Waals surface area contributed by atoms with E-state index in [2.05, 4.69) is 15.6 Å². The molecule has 0 aliphatic carbocycles. The summed E-state index contributed by atoms with van der Waals surface area (Å²) in [6.45, 7) is 6.34. The zero-order valence-corrected chi connectivity index (χ0v) is 13.3. The molecule has 0 fully saturated rings. The molecule has 1 aromatic carbocycles. The van der Waals surface area contributed by atoms with E-state index >= 15 is 0 Å². The second kappa shape index (κ2) is 8.29. The molecular formula is C16H22N2O4. The van der Waals surface area contributed by atoms with Gasteiger partial charge in [0.05, 0.1) is 12.1 Å². The molecule has 2 N–H and O–H groups in total. The molecule has 0 aromatic heterocycles. The molecule has 0 aliphatic heterocycles. The van der Waals surface area contributed by atoms with Gasteiger partial charge in [-0.15, -0.1) is 0 Å². The summed E-state index contributed by atoms with van der Waals surface area (Å²) in [4.78, 5) is 39.3. The quantitative estimate of drug-likeness (QED) is 0.779. The molecule has 0 saturated carbocycles. The fourth-order valence-corrected chi connectivity index (χ4v) is 2.03. The SMILES string of the molecule is CC(=O)ONC(=O)C(NC(C(C)=O)c1ccccc1)C(C)C. The van der Waals surface area contributed by atoms with Crippen molar-refractivity contribution >= 4 is 17.7 Å². The van der Waals surface area contributed by atoms with E-state index in [0.29, 0.717) is 0 Å². The maximum absolute atomic E-state index is 12.1. The summed E-state index contributed by atoms with van der Waals surface area (Å²) >= 11 is 0. The van der Waals surface area contributed by atoms with Gasteiger partial charge < -0.3 is 4.84 Å². The fourth-order valence-electron chi connectivity index (χ4n) is 2.03. The highest BCUT2D eigenvalue weighted by molar-refractivity contribution is 5.86. The number of hydrogen-bond donors (Lipinski definition) is 2. The minimum atomic E-state index is -0.673. The maximum Gasteiger partial charge on any atom is 0.329 e. The average Bonchev–Trinajstić information content (AvgIpc) is 2.45. The first-order chi connectivity index (χ1) is 10.3. The van der Waals surface area contributed by atoms with Crippen LogP contribution in [-0.2, 0) is 19.2 Å². The van der Waals surface area contributed by atoms with Crippen LogP contribution in [0.1, 0.15) is 39.3 Å². The van der Waals surface area contributed by atoms with Gasteiger partial charge in [-0.05, 0) is 18.4 Å². The van der Waals surface area contributed by atoms with Gasteiger partial charge in [0.2, 0.25) is 0 Å². The summed E-state index contributed by atoms with van der Waals surface area (Å²) in [5.41, 5.74) is 2.88. The van der Waals surface area contributed by atoms with Crippen LogP contribution in [0.2, 0.25) is 0 Å². The Kier molecular flexibility index (Phi) is 6.72. The molecule has 0 radical (unpaired) electrons. The third-order valence-electron chi connectivity index (χ3n) is 3.13. The van der Waals surface area contributed by atoms with Crippen LogP contribution >= 0.6 is 0 Å². The lowest BCUT2D eigenvalue weighted by molar-refractivity contribution is -0.157. The lowest BCUT2D eigenvalue weighted by Crippen LogP contribution is -2.50. The molecule has 22 heavy (non-hydrogen) atoms. The number of hydroxylamine groups is 1. The van der Waals surface area contributed by atoms with Crippen molar-refractivity contribution in [3.8, 4) is 0 Å². The molecule has 0 bridgehead atoms. The van der Waals surface area contributed by atoms with Crippen molar-refractivity contribution in [2.45, 2.75) is 39.8 Å². The number of Topliss-reactive ketones (excluding diaryl/α,β-unsaturated/α-hetero) is 1. The summed E-state index contributed by atoms with van der Waals surface area (Å²) in [7, 11) is 0. The molecule has 0 spiro atoms. The maximum atomic E-state index is 12.1. The Hall–Kier alpha value is -2.21. The van der Waals surface area contributed by atoms with Crippen molar-refractivity contribution in [2.24, 2.45) is 5.92 Å². The Labute approximate surface area is 130 Å². The van der Waals surface area contributed by atoms with Crippen molar-refractivity contribution in [2.75, 3.05) is 0 Å². The van der Waals surface area contributed by atoms with Gasteiger partial charge in [-0.3, -0.25) is 19.7 Å². The molecule has 0 aliphatic rings. The van der Waals surface area contributed by atoms with E-state index in [4.69, 9.17) is 0 Å². The topological polar surface area (TPSA) is 84.5 Å². The lowest BCUT2D eigenvalue weighted by Gasteiger charge is -2.26. The van der Waals surface area contributed by atoms with E-state index in [0.717, 1.165) is 5.56 Å². The minimum Gasteiger partial charge on any atom is -0.341 e. The highest BCUT2D eigenvalue weighted by Gasteiger charge is 2.28. The largest absolute Gasteiger partial charge is 0.341 e. The standard InChI is InChI=1S/C16H22N2O4/c1-10(2)14(16(21)18-22-12(4)20)17-15(11(3)19)13-8-6-5-7-9-13/h5-10,14-15,17H,1-4H3,(H,18,21). The normalized spacial score (nSPS) is 13.3. The van der Waals surface area contributed by atoms with Gasteiger partial charge in [-0.2, -0.15) is 5.48 Å². The van der Waals surface area contributed by atoms with Crippen LogP contribution in [0.4, 0.5) is 0 Å². The predicted octanol–water partition coefficient (Wildman–Crippen LogP) is 1.53. The van der Waals surface area contributed by atoms with Gasteiger partial charge in [0.15, 0.2) is 5.78 Å². The van der Waals surface area contributed by atoms with E-state index in [-0.39, 0.29) is 11.7 Å². The third kappa shape index (κ3) is 5.29. The molecule has 6 heteroatoms. The van der Waals surface area contributed by atoms with Gasteiger partial charge in [-0.25, -0.2) is 0 Å². The number of benzene rings is 1. The van der Waals surface area contributed by atoms with E-state index in [1.807, 2.05) is 44.2 Å². The van der Waals surface area contributed by atoms with Crippen LogP contribution < -0.4 is 10.8 Å². The van der Waals surface area contributed by atoms with E-state index in [9.17, 15) is 14.4 Å². The minimum absolute atomic E-state index is 0.0962. The van der Waals surface area contributed by atoms with Crippen LogP contribution in [0.5, 0.6) is 0 Å². The highest BCUT2D eigenvalue weighted by atomic mass is 16.7. The van der Waals surface area contributed by atoms with Crippen LogP contribution in [0.3, 0.4) is 0 Å². The first-order valence-electron chi connectivity index (χ1n) is 7.11. The van der Waals surface area contributed by atoms with Crippen molar-refractivity contribution in [1.29, 1.82) is 0 Å². The smallest absolute Gasteiger partial charge is 0.329 e. The molecule has 0 saturated heterocycles. The monoisotopic (exact) mass is 306 g/mol. The molecule has 0 heterocycles. The molecule has 1 rings (SSSR count). The van der Waals surface area contributed by atoms with Gasteiger partial charge in [0, 0.05) is 6.92 Å². The first kappa shape index (κ1) is 17.8. The molecule has 1 amide bonds. The number of hydrogen-bond acceptors (Lipinski definition) is 5. The number of carbonyl (C=O) groups excluding carboxylic acids is 3. The number of nitrogens with one attached hydrogen (secondary N) is 2.